The van der Waals surface area contributed by atoms with Crippen molar-refractivity contribution in [2.45, 2.75) is 26.4 Å². The average molecular weight is 450 g/mol. The molecule has 0 aliphatic heterocycles. The van der Waals surface area contributed by atoms with Gasteiger partial charge in [-0.1, -0.05) is 29.5 Å². The zero-order valence-electron chi connectivity index (χ0n) is 14.9. The van der Waals surface area contributed by atoms with Crippen molar-refractivity contribution in [2.75, 3.05) is 4.90 Å². The minimum Gasteiger partial charge on any atom is -0.443 e. The molecule has 5 nitrogen and oxygen atoms in total. The number of carbonyl (C=O) groups is 1. The lowest BCUT2D eigenvalue weighted by molar-refractivity contribution is 0.0599. The van der Waals surface area contributed by atoms with Gasteiger partial charge in [-0.25, -0.2) is 19.7 Å². The van der Waals surface area contributed by atoms with Gasteiger partial charge < -0.3 is 4.74 Å². The summed E-state index contributed by atoms with van der Waals surface area (Å²) in [7, 11) is 0. The monoisotopic (exact) mass is 449 g/mol. The van der Waals surface area contributed by atoms with E-state index < -0.39 is 17.6 Å². The minimum atomic E-state index is -0.670. The second-order valence-corrected chi connectivity index (χ2v) is 8.34. The first-order chi connectivity index (χ1) is 12.8. The van der Waals surface area contributed by atoms with E-state index in [9.17, 15) is 9.18 Å². The largest absolute Gasteiger partial charge is 0.443 e. The Morgan fingerprint density at radius 1 is 1.19 bits per heavy atom. The molecule has 0 bridgehead atoms. The van der Waals surface area contributed by atoms with Gasteiger partial charge in [0, 0.05) is 11.8 Å². The summed E-state index contributed by atoms with van der Waals surface area (Å²) >= 11 is 4.54. The van der Waals surface area contributed by atoms with E-state index in [4.69, 9.17) is 4.74 Å². The Labute approximate surface area is 169 Å². The number of anilines is 2. The number of nitrogens with zero attached hydrogens (tertiary/aromatic N) is 3. The van der Waals surface area contributed by atoms with Crippen LogP contribution in [0.25, 0.3) is 10.4 Å². The van der Waals surface area contributed by atoms with Crippen LogP contribution in [0.3, 0.4) is 0 Å². The van der Waals surface area contributed by atoms with E-state index in [0.29, 0.717) is 25.9 Å². The van der Waals surface area contributed by atoms with Crippen LogP contribution >= 0.6 is 27.3 Å². The van der Waals surface area contributed by atoms with Crippen molar-refractivity contribution in [3.8, 4) is 10.4 Å². The number of ether oxygens (including phenoxy) is 1. The van der Waals surface area contributed by atoms with Crippen molar-refractivity contribution in [3.63, 3.8) is 0 Å². The van der Waals surface area contributed by atoms with Crippen molar-refractivity contribution in [1.82, 2.24) is 9.97 Å². The summed E-state index contributed by atoms with van der Waals surface area (Å²) in [4.78, 5) is 22.9. The number of hydrogen-bond donors (Lipinski definition) is 0. The molecule has 1 amide bonds. The van der Waals surface area contributed by atoms with E-state index in [1.165, 1.54) is 22.4 Å². The van der Waals surface area contributed by atoms with Crippen molar-refractivity contribution in [2.24, 2.45) is 0 Å². The van der Waals surface area contributed by atoms with Gasteiger partial charge in [-0.15, -0.1) is 0 Å². The van der Waals surface area contributed by atoms with Crippen LogP contribution in [-0.4, -0.2) is 21.7 Å². The number of para-hydroxylation sites is 1. The molecule has 0 aliphatic rings. The van der Waals surface area contributed by atoms with Gasteiger partial charge in [0.15, 0.2) is 0 Å². The Hall–Kier alpha value is -2.32. The van der Waals surface area contributed by atoms with E-state index in [-0.39, 0.29) is 0 Å². The van der Waals surface area contributed by atoms with E-state index in [1.54, 1.807) is 45.0 Å². The highest BCUT2D eigenvalue weighted by molar-refractivity contribution is 9.10. The highest BCUT2D eigenvalue weighted by atomic mass is 79.9. The lowest BCUT2D eigenvalue weighted by Gasteiger charge is -2.25. The van der Waals surface area contributed by atoms with Gasteiger partial charge in [0.25, 0.3) is 0 Å². The molecule has 0 unspecified atom stereocenters. The van der Waals surface area contributed by atoms with Crippen LogP contribution in [0.2, 0.25) is 0 Å². The highest BCUT2D eigenvalue weighted by Gasteiger charge is 2.28. The van der Waals surface area contributed by atoms with Crippen LogP contribution in [0, 0.1) is 5.95 Å². The fourth-order valence-electron chi connectivity index (χ4n) is 2.29. The number of benzene rings is 1. The summed E-state index contributed by atoms with van der Waals surface area (Å²) in [6.07, 6.45) is 0.819. The summed E-state index contributed by atoms with van der Waals surface area (Å²) in [5.41, 5.74) is 0.244. The number of hydrogen-bond acceptors (Lipinski definition) is 5. The molecular formula is C19H17BrFN3O2S. The lowest BCUT2D eigenvalue weighted by atomic mass is 10.2. The quantitative estimate of drug-likeness (QED) is 0.447. The van der Waals surface area contributed by atoms with Gasteiger partial charge >= 0.3 is 6.09 Å². The highest BCUT2D eigenvalue weighted by Crippen LogP contribution is 2.41. The molecule has 2 heterocycles. The van der Waals surface area contributed by atoms with Crippen molar-refractivity contribution < 1.29 is 13.9 Å². The second-order valence-electron chi connectivity index (χ2n) is 6.61. The van der Waals surface area contributed by atoms with Crippen molar-refractivity contribution in [1.29, 1.82) is 0 Å². The molecule has 0 saturated heterocycles. The maximum absolute atomic E-state index is 14.1. The molecule has 3 rings (SSSR count). The minimum absolute atomic E-state index is 0.310. The number of halogens is 2. The van der Waals surface area contributed by atoms with Crippen LogP contribution in [0.5, 0.6) is 0 Å². The fraction of sp³-hybridized carbons (Fsp3) is 0.211. The van der Waals surface area contributed by atoms with Crippen LogP contribution in [0.15, 0.2) is 53.3 Å². The molecular weight excluding hydrogens is 433 g/mol. The van der Waals surface area contributed by atoms with Crippen LogP contribution in [-0.2, 0) is 4.74 Å². The lowest BCUT2D eigenvalue weighted by Crippen LogP contribution is -2.33. The van der Waals surface area contributed by atoms with Gasteiger partial charge in [0.05, 0.1) is 10.6 Å². The number of amides is 1. The van der Waals surface area contributed by atoms with Crippen LogP contribution in [0.4, 0.5) is 20.0 Å². The maximum atomic E-state index is 14.1. The Morgan fingerprint density at radius 3 is 2.52 bits per heavy atom. The molecule has 0 spiro atoms. The summed E-state index contributed by atoms with van der Waals surface area (Å²) in [5, 5.41) is 0.362. The summed E-state index contributed by atoms with van der Waals surface area (Å²) < 4.78 is 20.1. The Morgan fingerprint density at radius 2 is 1.89 bits per heavy atom. The molecule has 0 atom stereocenters. The predicted octanol–water partition coefficient (Wildman–Crippen LogP) is 6.18. The standard InChI is InChI=1S/C19H17BrFN3O2S/c1-19(2,3)26-18(25)24(12-8-5-4-6-9-12)17-23-15(20)14(27-17)13-10-7-11-22-16(13)21/h4-11H,1-3H3. The Bertz CT molecular complexity index is 957. The third kappa shape index (κ3) is 4.51. The van der Waals surface area contributed by atoms with Crippen molar-refractivity contribution in [3.05, 3.63) is 59.2 Å². The van der Waals surface area contributed by atoms with Gasteiger partial charge in [0.2, 0.25) is 11.1 Å². The SMILES string of the molecule is CC(C)(C)OC(=O)N(c1ccccc1)c1nc(Br)c(-c2cccnc2F)s1. The van der Waals surface area contributed by atoms with Gasteiger partial charge in [-0.3, -0.25) is 0 Å². The number of pyridine rings is 1. The molecule has 0 fully saturated rings. The molecule has 1 aromatic carbocycles. The molecule has 2 aromatic heterocycles. The molecule has 0 saturated carbocycles. The number of thiazole rings is 1. The number of rotatable bonds is 3. The first-order valence-corrected chi connectivity index (χ1v) is 9.72. The van der Waals surface area contributed by atoms with E-state index in [1.807, 2.05) is 18.2 Å². The molecule has 0 radical (unpaired) electrons. The van der Waals surface area contributed by atoms with E-state index in [0.717, 1.165) is 0 Å². The second kappa shape index (κ2) is 7.74. The normalized spacial score (nSPS) is 11.3. The van der Waals surface area contributed by atoms with Gasteiger partial charge in [-0.05, 0) is 61.0 Å². The topological polar surface area (TPSA) is 55.3 Å². The third-order valence-electron chi connectivity index (χ3n) is 3.36. The average Bonchev–Trinajstić information content (AvgIpc) is 2.96. The van der Waals surface area contributed by atoms with Crippen LogP contribution in [0.1, 0.15) is 20.8 Å². The zero-order chi connectivity index (χ0) is 19.6. The van der Waals surface area contributed by atoms with E-state index >= 15 is 0 Å². The fourth-order valence-corrected chi connectivity index (χ4v) is 4.01. The zero-order valence-corrected chi connectivity index (χ0v) is 17.3. The van der Waals surface area contributed by atoms with Crippen molar-refractivity contribution >= 4 is 44.2 Å². The molecule has 0 N–H and O–H groups in total. The molecule has 8 heteroatoms. The predicted molar refractivity (Wildman–Crippen MR) is 108 cm³/mol. The van der Waals surface area contributed by atoms with Gasteiger partial charge in [0.1, 0.15) is 10.2 Å². The summed E-state index contributed by atoms with van der Waals surface area (Å²) in [5.74, 6) is -0.600. The Kier molecular flexibility index (Phi) is 5.57. The number of carbonyl (C=O) groups excluding carboxylic acids is 1. The molecule has 140 valence electrons. The summed E-state index contributed by atoms with van der Waals surface area (Å²) in [6.45, 7) is 5.38. The van der Waals surface area contributed by atoms with Gasteiger partial charge in [-0.2, -0.15) is 4.39 Å². The smallest absolute Gasteiger partial charge is 0.421 e. The van der Waals surface area contributed by atoms with Crippen LogP contribution < -0.4 is 4.90 Å². The maximum Gasteiger partial charge on any atom is 0.421 e. The molecule has 3 aromatic rings. The first-order valence-electron chi connectivity index (χ1n) is 8.11. The summed E-state index contributed by atoms with van der Waals surface area (Å²) in [6, 6.07) is 12.3. The van der Waals surface area contributed by atoms with E-state index in [2.05, 4.69) is 25.9 Å². The molecule has 0 aliphatic carbocycles. The Balaban J connectivity index is 2.07. The first kappa shape index (κ1) is 19.4. The third-order valence-corrected chi connectivity index (χ3v) is 5.27. The molecule has 27 heavy (non-hydrogen) atoms. The number of aromatic nitrogens is 2.